The van der Waals surface area contributed by atoms with Crippen molar-refractivity contribution in [3.63, 3.8) is 0 Å². The number of hydrogen-bond acceptors (Lipinski definition) is 7. The van der Waals surface area contributed by atoms with E-state index in [4.69, 9.17) is 4.74 Å². The first kappa shape index (κ1) is 28.9. The number of hydrogen-bond donors (Lipinski definition) is 1. The fourth-order valence-corrected chi connectivity index (χ4v) is 4.61. The smallest absolute Gasteiger partial charge is 0.416 e. The van der Waals surface area contributed by atoms with Crippen molar-refractivity contribution in [3.8, 4) is 0 Å². The van der Waals surface area contributed by atoms with E-state index in [0.717, 1.165) is 23.2 Å². The summed E-state index contributed by atoms with van der Waals surface area (Å²) in [6.45, 7) is 11.1. The topological polar surface area (TPSA) is 101 Å². The van der Waals surface area contributed by atoms with Crippen LogP contribution in [0.25, 0.3) is 10.9 Å². The summed E-state index contributed by atoms with van der Waals surface area (Å²) in [7, 11) is 0. The maximum atomic E-state index is 13.4. The van der Waals surface area contributed by atoms with Crippen LogP contribution in [-0.2, 0) is 10.9 Å². The summed E-state index contributed by atoms with van der Waals surface area (Å²) in [5.41, 5.74) is 0.820. The molecule has 0 bridgehead atoms. The van der Waals surface area contributed by atoms with Crippen molar-refractivity contribution in [2.24, 2.45) is 0 Å². The minimum atomic E-state index is -4.72. The van der Waals surface area contributed by atoms with Crippen molar-refractivity contribution < 1.29 is 27.6 Å². The predicted octanol–water partition coefficient (Wildman–Crippen LogP) is 6.70. The Balaban J connectivity index is 1.59. The molecule has 2 heterocycles. The molecule has 1 unspecified atom stereocenters. The van der Waals surface area contributed by atoms with Gasteiger partial charge >= 0.3 is 12.3 Å². The number of nitro groups is 1. The van der Waals surface area contributed by atoms with Gasteiger partial charge in [-0.2, -0.15) is 13.2 Å². The molecule has 0 saturated carbocycles. The number of anilines is 2. The summed E-state index contributed by atoms with van der Waals surface area (Å²) in [5.74, 6) is 0. The van der Waals surface area contributed by atoms with Crippen molar-refractivity contribution in [2.75, 3.05) is 36.4 Å². The van der Waals surface area contributed by atoms with Crippen LogP contribution in [0.2, 0.25) is 0 Å². The van der Waals surface area contributed by atoms with Gasteiger partial charge < -0.3 is 19.9 Å². The van der Waals surface area contributed by atoms with Crippen LogP contribution in [0.3, 0.4) is 0 Å². The number of fused-ring (bicyclic) bond motifs is 1. The van der Waals surface area contributed by atoms with Gasteiger partial charge in [-0.3, -0.25) is 15.1 Å². The fourth-order valence-electron chi connectivity index (χ4n) is 4.61. The highest BCUT2D eigenvalue weighted by atomic mass is 19.4. The molecule has 1 aromatic heterocycles. The number of amides is 1. The summed E-state index contributed by atoms with van der Waals surface area (Å²) in [4.78, 5) is 31.3. The van der Waals surface area contributed by atoms with Crippen LogP contribution in [0.1, 0.15) is 50.6 Å². The number of aromatic nitrogens is 1. The van der Waals surface area contributed by atoms with Crippen LogP contribution in [0.15, 0.2) is 42.5 Å². The summed E-state index contributed by atoms with van der Waals surface area (Å²) in [6.07, 6.45) is -5.07. The molecule has 0 spiro atoms. The second kappa shape index (κ2) is 10.8. The van der Waals surface area contributed by atoms with Crippen molar-refractivity contribution in [1.82, 2.24) is 9.88 Å². The quantitative estimate of drug-likeness (QED) is 0.274. The van der Waals surface area contributed by atoms with Crippen molar-refractivity contribution >= 4 is 34.1 Å². The first-order valence-electron chi connectivity index (χ1n) is 12.9. The zero-order valence-electron chi connectivity index (χ0n) is 23.0. The Hall–Kier alpha value is -4.09. The molecule has 12 heteroatoms. The zero-order valence-corrected chi connectivity index (χ0v) is 23.0. The fraction of sp³-hybridized carbons (Fsp3) is 0.429. The highest BCUT2D eigenvalue weighted by Gasteiger charge is 2.33. The maximum Gasteiger partial charge on any atom is 0.416 e. The molecule has 1 aliphatic heterocycles. The molecule has 3 aromatic rings. The lowest BCUT2D eigenvalue weighted by Crippen LogP contribution is -2.50. The van der Waals surface area contributed by atoms with E-state index >= 15 is 0 Å². The Morgan fingerprint density at radius 1 is 1.07 bits per heavy atom. The number of aryl methyl sites for hydroxylation is 1. The Labute approximate surface area is 230 Å². The number of carbonyl (C=O) groups is 1. The van der Waals surface area contributed by atoms with Gasteiger partial charge in [0.25, 0.3) is 5.69 Å². The van der Waals surface area contributed by atoms with Gasteiger partial charge in [0.05, 0.1) is 16.0 Å². The lowest BCUT2D eigenvalue weighted by Gasteiger charge is -2.36. The van der Waals surface area contributed by atoms with Crippen molar-refractivity contribution in [2.45, 2.75) is 52.4 Å². The standard InChI is InChI=1S/C28H32F3N5O4/c1-17-12-25(33-18(2)19-13-20(28(29,30)31)15-22(14-19)36(38)39)23-16-21(6-7-24(23)32-17)34-8-10-35(11-9-34)26(37)40-27(3,4)5/h6-7,12-16,18H,8-11H2,1-5H3,(H,32,33). The molecule has 214 valence electrons. The normalized spacial score (nSPS) is 15.2. The Morgan fingerprint density at radius 3 is 2.35 bits per heavy atom. The van der Waals surface area contributed by atoms with Crippen LogP contribution >= 0.6 is 0 Å². The minimum absolute atomic E-state index is 0.138. The average Bonchev–Trinajstić information content (AvgIpc) is 2.86. The zero-order chi connectivity index (χ0) is 29.4. The largest absolute Gasteiger partial charge is 0.444 e. The van der Waals surface area contributed by atoms with Gasteiger partial charge in [-0.25, -0.2) is 4.79 Å². The van der Waals surface area contributed by atoms with E-state index in [9.17, 15) is 28.1 Å². The molecule has 2 aromatic carbocycles. The molecule has 1 amide bonds. The van der Waals surface area contributed by atoms with Gasteiger partial charge in [0.1, 0.15) is 5.60 Å². The number of pyridine rings is 1. The summed E-state index contributed by atoms with van der Waals surface area (Å²) < 4.78 is 45.8. The molecule has 0 radical (unpaired) electrons. The number of piperazine rings is 1. The predicted molar refractivity (Wildman–Crippen MR) is 147 cm³/mol. The van der Waals surface area contributed by atoms with Crippen molar-refractivity contribution in [1.29, 1.82) is 0 Å². The van der Waals surface area contributed by atoms with E-state index in [2.05, 4.69) is 15.2 Å². The Kier molecular flexibility index (Phi) is 7.82. The van der Waals surface area contributed by atoms with Gasteiger partial charge in [-0.15, -0.1) is 0 Å². The van der Waals surface area contributed by atoms with Crippen LogP contribution in [-0.4, -0.2) is 52.7 Å². The molecule has 40 heavy (non-hydrogen) atoms. The second-order valence-corrected chi connectivity index (χ2v) is 10.9. The van der Waals surface area contributed by atoms with E-state index < -0.39 is 34.0 Å². The average molecular weight is 560 g/mol. The van der Waals surface area contributed by atoms with E-state index in [0.29, 0.717) is 49.1 Å². The molecule has 1 N–H and O–H groups in total. The van der Waals surface area contributed by atoms with E-state index in [1.165, 1.54) is 0 Å². The summed E-state index contributed by atoms with van der Waals surface area (Å²) in [5, 5.41) is 15.3. The SMILES string of the molecule is Cc1cc(NC(C)c2cc([N+](=O)[O-])cc(C(F)(F)F)c2)c2cc(N3CCN(C(=O)OC(C)(C)C)CC3)ccc2n1. The van der Waals surface area contributed by atoms with Crippen LogP contribution < -0.4 is 10.2 Å². The molecule has 1 aliphatic rings. The van der Waals surface area contributed by atoms with Crippen LogP contribution in [0.5, 0.6) is 0 Å². The third kappa shape index (κ3) is 6.72. The summed E-state index contributed by atoms with van der Waals surface area (Å²) in [6, 6.07) is 9.52. The number of halogens is 3. The number of alkyl halides is 3. The number of nitro benzene ring substituents is 1. The lowest BCUT2D eigenvalue weighted by molar-refractivity contribution is -0.385. The molecule has 0 aliphatic carbocycles. The molecular weight excluding hydrogens is 527 g/mol. The maximum absolute atomic E-state index is 13.4. The first-order chi connectivity index (χ1) is 18.6. The number of non-ortho nitro benzene ring substituents is 1. The van der Waals surface area contributed by atoms with Gasteiger partial charge in [-0.1, -0.05) is 0 Å². The Bertz CT molecular complexity index is 1430. The molecule has 1 saturated heterocycles. The molecular formula is C28H32F3N5O4. The number of rotatable bonds is 5. The van der Waals surface area contributed by atoms with Gasteiger partial charge in [0, 0.05) is 66.8 Å². The number of nitrogens with zero attached hydrogens (tertiary/aromatic N) is 4. The van der Waals surface area contributed by atoms with Crippen LogP contribution in [0, 0.1) is 17.0 Å². The van der Waals surface area contributed by atoms with Crippen molar-refractivity contribution in [3.05, 3.63) is 69.4 Å². The Morgan fingerprint density at radius 2 is 1.75 bits per heavy atom. The van der Waals surface area contributed by atoms with Gasteiger partial charge in [0.15, 0.2) is 0 Å². The van der Waals surface area contributed by atoms with E-state index in [-0.39, 0.29) is 11.7 Å². The number of carbonyl (C=O) groups excluding carboxylic acids is 1. The number of benzene rings is 2. The second-order valence-electron chi connectivity index (χ2n) is 10.9. The molecule has 1 fully saturated rings. The molecule has 9 nitrogen and oxygen atoms in total. The third-order valence-electron chi connectivity index (χ3n) is 6.57. The highest BCUT2D eigenvalue weighted by molar-refractivity contribution is 5.94. The number of nitrogens with one attached hydrogen (secondary N) is 1. The van der Waals surface area contributed by atoms with Gasteiger partial charge in [0.2, 0.25) is 0 Å². The van der Waals surface area contributed by atoms with E-state index in [1.54, 1.807) is 17.9 Å². The van der Waals surface area contributed by atoms with Crippen LogP contribution in [0.4, 0.5) is 35.0 Å². The molecule has 1 atom stereocenters. The monoisotopic (exact) mass is 559 g/mol. The highest BCUT2D eigenvalue weighted by Crippen LogP contribution is 2.36. The minimum Gasteiger partial charge on any atom is -0.444 e. The number of ether oxygens (including phenoxy) is 1. The lowest BCUT2D eigenvalue weighted by atomic mass is 10.0. The van der Waals surface area contributed by atoms with Gasteiger partial charge in [-0.05, 0) is 70.5 Å². The summed E-state index contributed by atoms with van der Waals surface area (Å²) >= 11 is 0. The molecule has 4 rings (SSSR count). The van der Waals surface area contributed by atoms with E-state index in [1.807, 2.05) is 45.9 Å². The first-order valence-corrected chi connectivity index (χ1v) is 12.9. The third-order valence-corrected chi connectivity index (χ3v) is 6.57.